The fourth-order valence-electron chi connectivity index (χ4n) is 2.74. The fourth-order valence-corrected chi connectivity index (χ4v) is 3.52. The summed E-state index contributed by atoms with van der Waals surface area (Å²) in [5.41, 5.74) is 2.17. The number of nitrogens with zero attached hydrogens (tertiary/aromatic N) is 2. The van der Waals surface area contributed by atoms with Gasteiger partial charge in [-0.25, -0.2) is 4.98 Å². The normalized spacial score (nSPS) is 19.5. The number of fused-ring (bicyclic) bond motifs is 1. The molecule has 1 aromatic heterocycles. The fraction of sp³-hybridized carbons (Fsp3) is 0.375. The summed E-state index contributed by atoms with van der Waals surface area (Å²) in [7, 11) is 1.84. The number of anilines is 1. The molecule has 0 saturated carbocycles. The topological polar surface area (TPSA) is 45.2 Å². The van der Waals surface area contributed by atoms with Crippen molar-refractivity contribution in [2.24, 2.45) is 0 Å². The maximum Gasteiger partial charge on any atom is 0.228 e. The second-order valence-electron chi connectivity index (χ2n) is 5.47. The number of aryl methyl sites for hydroxylation is 1. The molecule has 1 aliphatic heterocycles. The van der Waals surface area contributed by atoms with E-state index in [0.717, 1.165) is 10.7 Å². The van der Waals surface area contributed by atoms with E-state index in [0.29, 0.717) is 6.42 Å². The highest BCUT2D eigenvalue weighted by Crippen LogP contribution is 2.35. The van der Waals surface area contributed by atoms with Gasteiger partial charge in [-0.15, -0.1) is 11.3 Å². The highest BCUT2D eigenvalue weighted by Gasteiger charge is 2.30. The summed E-state index contributed by atoms with van der Waals surface area (Å²) in [5, 5.41) is 4.62. The SMILES string of the molecule is Cc1cnc(C(C)NC2CC(=O)N(C)c3ccccc32)s1. The van der Waals surface area contributed by atoms with Gasteiger partial charge in [-0.2, -0.15) is 0 Å². The van der Waals surface area contributed by atoms with E-state index in [2.05, 4.69) is 30.2 Å². The molecule has 110 valence electrons. The molecule has 21 heavy (non-hydrogen) atoms. The van der Waals surface area contributed by atoms with Gasteiger partial charge in [0.15, 0.2) is 0 Å². The molecule has 0 saturated heterocycles. The molecular weight excluding hydrogens is 282 g/mol. The average Bonchev–Trinajstić information content (AvgIpc) is 2.91. The van der Waals surface area contributed by atoms with Gasteiger partial charge in [-0.05, 0) is 25.5 Å². The zero-order chi connectivity index (χ0) is 15.0. The van der Waals surface area contributed by atoms with Crippen LogP contribution in [0.1, 0.15) is 40.9 Å². The molecule has 1 N–H and O–H groups in total. The van der Waals surface area contributed by atoms with Crippen LogP contribution in [0, 0.1) is 6.92 Å². The number of nitrogens with one attached hydrogen (secondary N) is 1. The number of rotatable bonds is 3. The van der Waals surface area contributed by atoms with E-state index in [1.807, 2.05) is 31.4 Å². The lowest BCUT2D eigenvalue weighted by Crippen LogP contribution is -2.38. The third kappa shape index (κ3) is 2.71. The molecule has 2 unspecified atom stereocenters. The monoisotopic (exact) mass is 301 g/mol. The predicted octanol–water partition coefficient (Wildman–Crippen LogP) is 3.21. The number of benzene rings is 1. The number of carbonyl (C=O) groups excluding carboxylic acids is 1. The number of para-hydroxylation sites is 1. The molecule has 3 rings (SSSR count). The third-order valence-corrected chi connectivity index (χ3v) is 4.98. The van der Waals surface area contributed by atoms with Gasteiger partial charge < -0.3 is 10.2 Å². The van der Waals surface area contributed by atoms with Gasteiger partial charge in [0.2, 0.25) is 5.91 Å². The highest BCUT2D eigenvalue weighted by molar-refractivity contribution is 7.11. The summed E-state index contributed by atoms with van der Waals surface area (Å²) in [6.07, 6.45) is 2.38. The quantitative estimate of drug-likeness (QED) is 0.947. The van der Waals surface area contributed by atoms with Gasteiger partial charge in [-0.1, -0.05) is 18.2 Å². The zero-order valence-electron chi connectivity index (χ0n) is 12.5. The molecule has 1 amide bonds. The van der Waals surface area contributed by atoms with Crippen molar-refractivity contribution >= 4 is 22.9 Å². The maximum absolute atomic E-state index is 12.2. The molecule has 0 spiro atoms. The Hall–Kier alpha value is -1.72. The average molecular weight is 301 g/mol. The maximum atomic E-state index is 12.2. The van der Waals surface area contributed by atoms with E-state index >= 15 is 0 Å². The minimum atomic E-state index is 0.0455. The number of amides is 1. The van der Waals surface area contributed by atoms with E-state index in [1.165, 1.54) is 10.4 Å². The smallest absolute Gasteiger partial charge is 0.228 e. The number of hydrogen-bond donors (Lipinski definition) is 1. The first-order valence-corrected chi connectivity index (χ1v) is 7.91. The molecule has 2 heterocycles. The predicted molar refractivity (Wildman–Crippen MR) is 85.6 cm³/mol. The van der Waals surface area contributed by atoms with Crippen LogP contribution in [0.2, 0.25) is 0 Å². The summed E-state index contributed by atoms with van der Waals surface area (Å²) >= 11 is 1.70. The summed E-state index contributed by atoms with van der Waals surface area (Å²) in [6, 6.07) is 8.27. The van der Waals surface area contributed by atoms with Crippen LogP contribution in [0.4, 0.5) is 5.69 Å². The van der Waals surface area contributed by atoms with Gasteiger partial charge in [0, 0.05) is 36.3 Å². The van der Waals surface area contributed by atoms with E-state index in [4.69, 9.17) is 0 Å². The Labute approximate surface area is 128 Å². The number of carbonyl (C=O) groups is 1. The van der Waals surface area contributed by atoms with Crippen molar-refractivity contribution in [2.75, 3.05) is 11.9 Å². The third-order valence-electron chi connectivity index (χ3n) is 3.89. The van der Waals surface area contributed by atoms with Crippen LogP contribution in [0.5, 0.6) is 0 Å². The standard InChI is InChI=1S/C16H19N3OS/c1-10-9-17-16(21-10)11(2)18-13-8-15(20)19(3)14-7-5-4-6-12(13)14/h4-7,9,11,13,18H,8H2,1-3H3. The number of aromatic nitrogens is 1. The van der Waals surface area contributed by atoms with Crippen molar-refractivity contribution in [3.05, 3.63) is 45.9 Å². The van der Waals surface area contributed by atoms with Crippen molar-refractivity contribution < 1.29 is 4.79 Å². The lowest BCUT2D eigenvalue weighted by molar-refractivity contribution is -0.119. The van der Waals surface area contributed by atoms with E-state index in [9.17, 15) is 4.79 Å². The van der Waals surface area contributed by atoms with Crippen LogP contribution >= 0.6 is 11.3 Å². The number of hydrogen-bond acceptors (Lipinski definition) is 4. The Kier molecular flexibility index (Phi) is 3.78. The summed E-state index contributed by atoms with van der Waals surface area (Å²) in [5.74, 6) is 0.147. The molecule has 1 aromatic carbocycles. The minimum Gasteiger partial charge on any atom is -0.315 e. The van der Waals surface area contributed by atoms with Crippen molar-refractivity contribution in [1.29, 1.82) is 0 Å². The van der Waals surface area contributed by atoms with Crippen LogP contribution < -0.4 is 10.2 Å². The molecule has 0 radical (unpaired) electrons. The van der Waals surface area contributed by atoms with Gasteiger partial charge in [-0.3, -0.25) is 4.79 Å². The van der Waals surface area contributed by atoms with Gasteiger partial charge in [0.25, 0.3) is 0 Å². The molecular formula is C16H19N3OS. The second kappa shape index (κ2) is 5.58. The molecule has 0 fully saturated rings. The lowest BCUT2D eigenvalue weighted by atomic mass is 9.95. The summed E-state index contributed by atoms with van der Waals surface area (Å²) in [4.78, 5) is 19.5. The van der Waals surface area contributed by atoms with Crippen LogP contribution in [-0.2, 0) is 4.79 Å². The largest absolute Gasteiger partial charge is 0.315 e. The lowest BCUT2D eigenvalue weighted by Gasteiger charge is -2.33. The van der Waals surface area contributed by atoms with E-state index < -0.39 is 0 Å². The first kappa shape index (κ1) is 14.2. The van der Waals surface area contributed by atoms with Crippen molar-refractivity contribution in [3.8, 4) is 0 Å². The van der Waals surface area contributed by atoms with Crippen LogP contribution in [0.25, 0.3) is 0 Å². The Balaban J connectivity index is 1.86. The zero-order valence-corrected chi connectivity index (χ0v) is 13.3. The van der Waals surface area contributed by atoms with Crippen LogP contribution in [0.3, 0.4) is 0 Å². The van der Waals surface area contributed by atoms with Gasteiger partial charge in [0.1, 0.15) is 5.01 Å². The molecule has 4 nitrogen and oxygen atoms in total. The van der Waals surface area contributed by atoms with Crippen molar-refractivity contribution in [1.82, 2.24) is 10.3 Å². The van der Waals surface area contributed by atoms with E-state index in [-0.39, 0.29) is 18.0 Å². The number of thiazole rings is 1. The first-order valence-electron chi connectivity index (χ1n) is 7.10. The van der Waals surface area contributed by atoms with Crippen molar-refractivity contribution in [2.45, 2.75) is 32.4 Å². The molecule has 2 aromatic rings. The van der Waals surface area contributed by atoms with E-state index in [1.54, 1.807) is 16.2 Å². The second-order valence-corrected chi connectivity index (χ2v) is 6.73. The molecule has 2 atom stereocenters. The first-order chi connectivity index (χ1) is 10.1. The minimum absolute atomic E-state index is 0.0455. The van der Waals surface area contributed by atoms with Crippen LogP contribution in [0.15, 0.2) is 30.5 Å². The molecule has 1 aliphatic rings. The van der Waals surface area contributed by atoms with Gasteiger partial charge in [0.05, 0.1) is 6.04 Å². The Morgan fingerprint density at radius 1 is 1.43 bits per heavy atom. The Morgan fingerprint density at radius 2 is 2.19 bits per heavy atom. The van der Waals surface area contributed by atoms with Crippen molar-refractivity contribution in [3.63, 3.8) is 0 Å². The molecule has 0 bridgehead atoms. The Bertz CT molecular complexity index is 667. The summed E-state index contributed by atoms with van der Waals surface area (Å²) in [6.45, 7) is 4.16. The van der Waals surface area contributed by atoms with Crippen LogP contribution in [-0.4, -0.2) is 17.9 Å². The molecule has 5 heteroatoms. The highest BCUT2D eigenvalue weighted by atomic mass is 32.1. The Morgan fingerprint density at radius 3 is 2.90 bits per heavy atom. The van der Waals surface area contributed by atoms with Gasteiger partial charge >= 0.3 is 0 Å². The molecule has 0 aliphatic carbocycles. The summed E-state index contributed by atoms with van der Waals surface area (Å²) < 4.78 is 0.